The van der Waals surface area contributed by atoms with E-state index in [9.17, 15) is 8.42 Å². The van der Waals surface area contributed by atoms with Crippen LogP contribution in [-0.2, 0) is 9.84 Å². The summed E-state index contributed by atoms with van der Waals surface area (Å²) in [5.74, 6) is 1.67. The molecular formula is C14H21NO2S2. The number of benzene rings is 1. The van der Waals surface area contributed by atoms with Crippen LogP contribution in [0.15, 0.2) is 29.2 Å². The van der Waals surface area contributed by atoms with E-state index in [1.807, 2.05) is 23.9 Å². The highest BCUT2D eigenvalue weighted by molar-refractivity contribution is 8.00. The molecule has 3 nitrogen and oxygen atoms in total. The first-order chi connectivity index (χ1) is 8.89. The summed E-state index contributed by atoms with van der Waals surface area (Å²) in [4.78, 5) is 2.67. The van der Waals surface area contributed by atoms with Gasteiger partial charge in [-0.1, -0.05) is 26.0 Å². The number of rotatable bonds is 3. The first-order valence-corrected chi connectivity index (χ1v) is 9.49. The highest BCUT2D eigenvalue weighted by Crippen LogP contribution is 2.31. The predicted molar refractivity (Wildman–Crippen MR) is 82.8 cm³/mol. The topological polar surface area (TPSA) is 37.4 Å². The molecule has 0 radical (unpaired) electrons. The molecule has 0 aliphatic carbocycles. The van der Waals surface area contributed by atoms with E-state index in [0.717, 1.165) is 24.5 Å². The van der Waals surface area contributed by atoms with E-state index < -0.39 is 9.84 Å². The third-order valence-electron chi connectivity index (χ3n) is 3.44. The Morgan fingerprint density at radius 2 is 2.00 bits per heavy atom. The van der Waals surface area contributed by atoms with E-state index in [1.54, 1.807) is 12.1 Å². The maximum absolute atomic E-state index is 11.9. The quantitative estimate of drug-likeness (QED) is 0.860. The van der Waals surface area contributed by atoms with Crippen LogP contribution in [-0.4, -0.2) is 38.8 Å². The molecule has 0 bridgehead atoms. The van der Waals surface area contributed by atoms with Gasteiger partial charge in [0.2, 0.25) is 0 Å². The van der Waals surface area contributed by atoms with E-state index in [4.69, 9.17) is 0 Å². The maximum Gasteiger partial charge on any atom is 0.177 e. The lowest BCUT2D eigenvalue weighted by molar-refractivity contribution is 0.579. The number of sulfone groups is 1. The second-order valence-corrected chi connectivity index (χ2v) is 8.67. The van der Waals surface area contributed by atoms with Gasteiger partial charge < -0.3 is 4.90 Å². The van der Waals surface area contributed by atoms with Gasteiger partial charge in [-0.15, -0.1) is 0 Å². The molecule has 1 atom stereocenters. The first-order valence-electron chi connectivity index (χ1n) is 6.55. The Morgan fingerprint density at radius 3 is 2.63 bits per heavy atom. The fourth-order valence-corrected chi connectivity index (χ4v) is 4.53. The monoisotopic (exact) mass is 299 g/mol. The molecule has 1 fully saturated rings. The molecule has 1 aromatic carbocycles. The standard InChI is InChI=1S/C14H21NO2S2/c1-11(2)13-10-15(8-9-18-13)12-6-4-5-7-14(12)19(3,16)17/h4-7,11,13H,8-10H2,1-3H3. The normalized spacial score (nSPS) is 20.8. The Hall–Kier alpha value is -0.680. The molecular weight excluding hydrogens is 278 g/mol. The molecule has 0 spiro atoms. The number of hydrogen-bond donors (Lipinski definition) is 0. The highest BCUT2D eigenvalue weighted by atomic mass is 32.2. The third-order valence-corrected chi connectivity index (χ3v) is 6.13. The van der Waals surface area contributed by atoms with Crippen molar-refractivity contribution in [3.8, 4) is 0 Å². The molecule has 1 aliphatic rings. The van der Waals surface area contributed by atoms with Gasteiger partial charge in [0.1, 0.15) is 0 Å². The second-order valence-electron chi connectivity index (χ2n) is 5.34. The summed E-state index contributed by atoms with van der Waals surface area (Å²) in [6.07, 6.45) is 1.28. The van der Waals surface area contributed by atoms with Crippen molar-refractivity contribution in [2.75, 3.05) is 30.0 Å². The van der Waals surface area contributed by atoms with Gasteiger partial charge in [0.15, 0.2) is 9.84 Å². The number of anilines is 1. The number of thioether (sulfide) groups is 1. The Bertz CT molecular complexity index is 540. The Labute approximate surface area is 120 Å². The van der Waals surface area contributed by atoms with Crippen molar-refractivity contribution in [3.63, 3.8) is 0 Å². The minimum absolute atomic E-state index is 0.449. The Kier molecular flexibility index (Phi) is 4.46. The van der Waals surface area contributed by atoms with Gasteiger partial charge in [-0.25, -0.2) is 8.42 Å². The molecule has 2 rings (SSSR count). The first kappa shape index (κ1) is 14.7. The second kappa shape index (κ2) is 5.75. The molecule has 1 aromatic rings. The van der Waals surface area contributed by atoms with Crippen molar-refractivity contribution in [2.45, 2.75) is 24.0 Å². The number of hydrogen-bond acceptors (Lipinski definition) is 4. The van der Waals surface area contributed by atoms with Gasteiger partial charge in [-0.05, 0) is 18.1 Å². The van der Waals surface area contributed by atoms with Crippen molar-refractivity contribution in [3.05, 3.63) is 24.3 Å². The molecule has 5 heteroatoms. The minimum atomic E-state index is -3.17. The highest BCUT2D eigenvalue weighted by Gasteiger charge is 2.26. The third kappa shape index (κ3) is 3.45. The lowest BCUT2D eigenvalue weighted by Gasteiger charge is -2.36. The molecule has 1 heterocycles. The van der Waals surface area contributed by atoms with Crippen LogP contribution in [0.4, 0.5) is 5.69 Å². The zero-order valence-electron chi connectivity index (χ0n) is 11.7. The zero-order chi connectivity index (χ0) is 14.0. The van der Waals surface area contributed by atoms with E-state index >= 15 is 0 Å². The van der Waals surface area contributed by atoms with Crippen LogP contribution in [0.25, 0.3) is 0 Å². The molecule has 1 saturated heterocycles. The van der Waals surface area contributed by atoms with Crippen LogP contribution in [0.2, 0.25) is 0 Å². The summed E-state index contributed by atoms with van der Waals surface area (Å²) in [5.41, 5.74) is 0.857. The molecule has 0 saturated carbocycles. The SMILES string of the molecule is CC(C)C1CN(c2ccccc2S(C)(=O)=O)CCS1. The van der Waals surface area contributed by atoms with E-state index in [1.165, 1.54) is 6.26 Å². The summed E-state index contributed by atoms with van der Waals surface area (Å²) in [6.45, 7) is 6.29. The van der Waals surface area contributed by atoms with E-state index in [2.05, 4.69) is 18.7 Å². The van der Waals surface area contributed by atoms with Crippen LogP contribution in [0.1, 0.15) is 13.8 Å². The predicted octanol–water partition coefficient (Wildman–Crippen LogP) is 2.67. The van der Waals surface area contributed by atoms with Crippen molar-refractivity contribution in [1.29, 1.82) is 0 Å². The lowest BCUT2D eigenvalue weighted by atomic mass is 10.1. The number of para-hydroxylation sites is 1. The molecule has 1 unspecified atom stereocenters. The van der Waals surface area contributed by atoms with Crippen LogP contribution < -0.4 is 4.90 Å². The molecule has 1 aliphatic heterocycles. The molecule has 0 N–H and O–H groups in total. The maximum atomic E-state index is 11.9. The molecule has 0 aromatic heterocycles. The van der Waals surface area contributed by atoms with Crippen LogP contribution in [0.5, 0.6) is 0 Å². The van der Waals surface area contributed by atoms with Crippen molar-refractivity contribution >= 4 is 27.3 Å². The van der Waals surface area contributed by atoms with Crippen LogP contribution >= 0.6 is 11.8 Å². The molecule has 0 amide bonds. The van der Waals surface area contributed by atoms with Crippen molar-refractivity contribution in [2.24, 2.45) is 5.92 Å². The Morgan fingerprint density at radius 1 is 1.32 bits per heavy atom. The average molecular weight is 299 g/mol. The van der Waals surface area contributed by atoms with Gasteiger partial charge in [0, 0.05) is 30.3 Å². The fraction of sp³-hybridized carbons (Fsp3) is 0.571. The molecule has 19 heavy (non-hydrogen) atoms. The van der Waals surface area contributed by atoms with Gasteiger partial charge in [0.05, 0.1) is 10.6 Å². The van der Waals surface area contributed by atoms with E-state index in [-0.39, 0.29) is 0 Å². The minimum Gasteiger partial charge on any atom is -0.369 e. The largest absolute Gasteiger partial charge is 0.369 e. The van der Waals surface area contributed by atoms with Crippen molar-refractivity contribution in [1.82, 2.24) is 0 Å². The van der Waals surface area contributed by atoms with E-state index in [0.29, 0.717) is 16.1 Å². The summed E-state index contributed by atoms with van der Waals surface area (Å²) in [6, 6.07) is 7.33. The zero-order valence-corrected chi connectivity index (χ0v) is 13.3. The van der Waals surface area contributed by atoms with Gasteiger partial charge in [-0.3, -0.25) is 0 Å². The average Bonchev–Trinajstić information content (AvgIpc) is 2.38. The van der Waals surface area contributed by atoms with Gasteiger partial charge in [-0.2, -0.15) is 11.8 Å². The number of nitrogens with zero attached hydrogens (tertiary/aromatic N) is 1. The van der Waals surface area contributed by atoms with Crippen LogP contribution in [0.3, 0.4) is 0 Å². The van der Waals surface area contributed by atoms with Crippen molar-refractivity contribution < 1.29 is 8.42 Å². The van der Waals surface area contributed by atoms with Gasteiger partial charge in [0.25, 0.3) is 0 Å². The fourth-order valence-electron chi connectivity index (χ4n) is 2.33. The summed E-state index contributed by atoms with van der Waals surface area (Å²) >= 11 is 1.99. The molecule has 106 valence electrons. The summed E-state index contributed by atoms with van der Waals surface area (Å²) in [7, 11) is -3.17. The Balaban J connectivity index is 2.32. The van der Waals surface area contributed by atoms with Crippen LogP contribution in [0, 0.1) is 5.92 Å². The lowest BCUT2D eigenvalue weighted by Crippen LogP contribution is -2.40. The smallest absolute Gasteiger partial charge is 0.177 e. The summed E-state index contributed by atoms with van der Waals surface area (Å²) in [5, 5.41) is 0.571. The van der Waals surface area contributed by atoms with Gasteiger partial charge >= 0.3 is 0 Å². The summed E-state index contributed by atoms with van der Waals surface area (Å²) < 4.78 is 23.8.